The van der Waals surface area contributed by atoms with Crippen molar-refractivity contribution in [1.29, 1.82) is 5.26 Å². The minimum Gasteiger partial charge on any atom is -0.618 e. The summed E-state index contributed by atoms with van der Waals surface area (Å²) in [5, 5.41) is 22.2. The van der Waals surface area contributed by atoms with Crippen molar-refractivity contribution in [2.45, 2.75) is 26.9 Å². The number of amides is 1. The molecule has 176 valence electrons. The maximum absolute atomic E-state index is 13.3. The summed E-state index contributed by atoms with van der Waals surface area (Å²) < 4.78 is 40.6. The molecule has 1 aromatic carbocycles. The molecule has 0 aliphatic heterocycles. The third kappa shape index (κ3) is 5.98. The van der Waals surface area contributed by atoms with Crippen molar-refractivity contribution in [3.8, 4) is 17.3 Å². The van der Waals surface area contributed by atoms with Crippen LogP contribution in [0.15, 0.2) is 54.7 Å². The first-order valence-electron chi connectivity index (χ1n) is 10.1. The maximum Gasteiger partial charge on any atom is 0.433 e. The van der Waals surface area contributed by atoms with Gasteiger partial charge >= 0.3 is 6.18 Å². The van der Waals surface area contributed by atoms with Gasteiger partial charge in [0.2, 0.25) is 11.5 Å². The van der Waals surface area contributed by atoms with E-state index in [0.717, 1.165) is 5.01 Å². The van der Waals surface area contributed by atoms with E-state index in [2.05, 4.69) is 15.4 Å². The molecule has 0 fully saturated rings. The number of carbonyl (C=O) groups is 1. The summed E-state index contributed by atoms with van der Waals surface area (Å²) in [5.41, 5.74) is 2.01. The summed E-state index contributed by atoms with van der Waals surface area (Å²) in [6.07, 6.45) is -3.45. The smallest absolute Gasteiger partial charge is 0.433 e. The monoisotopic (exact) mass is 470 g/mol. The van der Waals surface area contributed by atoms with Crippen LogP contribution in [-0.2, 0) is 6.18 Å². The molecule has 0 spiro atoms. The van der Waals surface area contributed by atoms with Crippen LogP contribution in [0.4, 0.5) is 19.0 Å². The first-order chi connectivity index (χ1) is 15.9. The van der Waals surface area contributed by atoms with Crippen LogP contribution in [0.2, 0.25) is 0 Å². The highest BCUT2D eigenvalue weighted by molar-refractivity contribution is 5.95. The number of hydrogen-bond donors (Lipinski definition) is 1. The van der Waals surface area contributed by atoms with Crippen molar-refractivity contribution in [2.75, 3.05) is 11.6 Å². The number of benzene rings is 1. The van der Waals surface area contributed by atoms with Gasteiger partial charge in [-0.3, -0.25) is 15.2 Å². The highest BCUT2D eigenvalue weighted by atomic mass is 19.4. The van der Waals surface area contributed by atoms with Crippen LogP contribution in [0, 0.1) is 22.0 Å². The SMILES string of the molecule is CC(C)(C)CN(NC(=O)c1ccc(-c2cccc[n+]2[O-])cc1)c1cc(C(F)(F)F)nc(C#N)n1. The van der Waals surface area contributed by atoms with Crippen molar-refractivity contribution in [3.05, 3.63) is 77.0 Å². The quantitative estimate of drug-likeness (QED) is 0.345. The van der Waals surface area contributed by atoms with E-state index < -0.39 is 29.0 Å². The Balaban J connectivity index is 1.92. The average molecular weight is 470 g/mol. The number of aromatic nitrogens is 3. The van der Waals surface area contributed by atoms with Crippen molar-refractivity contribution in [2.24, 2.45) is 5.41 Å². The van der Waals surface area contributed by atoms with Crippen LogP contribution in [-0.4, -0.2) is 22.4 Å². The van der Waals surface area contributed by atoms with Gasteiger partial charge in [0.15, 0.2) is 17.7 Å². The van der Waals surface area contributed by atoms with Gasteiger partial charge in [-0.1, -0.05) is 20.8 Å². The molecular weight excluding hydrogens is 449 g/mol. The van der Waals surface area contributed by atoms with Crippen molar-refractivity contribution in [3.63, 3.8) is 0 Å². The van der Waals surface area contributed by atoms with Crippen molar-refractivity contribution in [1.82, 2.24) is 15.4 Å². The van der Waals surface area contributed by atoms with Gasteiger partial charge in [-0.15, -0.1) is 0 Å². The summed E-state index contributed by atoms with van der Waals surface area (Å²) in [5.74, 6) is -1.55. The number of hydrazine groups is 1. The molecule has 34 heavy (non-hydrogen) atoms. The average Bonchev–Trinajstić information content (AvgIpc) is 2.77. The van der Waals surface area contributed by atoms with Crippen LogP contribution >= 0.6 is 0 Å². The fourth-order valence-corrected chi connectivity index (χ4v) is 3.05. The van der Waals surface area contributed by atoms with Crippen molar-refractivity contribution >= 4 is 11.7 Å². The molecule has 0 aliphatic rings. The molecule has 1 N–H and O–H groups in total. The van der Waals surface area contributed by atoms with Crippen LogP contribution in [0.5, 0.6) is 0 Å². The Hall–Kier alpha value is -4.20. The number of carbonyl (C=O) groups excluding carboxylic acids is 1. The molecule has 2 heterocycles. The Morgan fingerprint density at radius 1 is 1.15 bits per heavy atom. The highest BCUT2D eigenvalue weighted by Crippen LogP contribution is 2.30. The van der Waals surface area contributed by atoms with Gasteiger partial charge in [0.25, 0.3) is 5.91 Å². The molecule has 11 heteroatoms. The zero-order chi connectivity index (χ0) is 25.1. The second-order valence-corrected chi connectivity index (χ2v) is 8.62. The molecule has 0 radical (unpaired) electrons. The first-order valence-corrected chi connectivity index (χ1v) is 10.1. The Bertz CT molecular complexity index is 1230. The Kier molecular flexibility index (Phi) is 6.72. The highest BCUT2D eigenvalue weighted by Gasteiger charge is 2.35. The summed E-state index contributed by atoms with van der Waals surface area (Å²) in [4.78, 5) is 20.0. The fourth-order valence-electron chi connectivity index (χ4n) is 3.05. The van der Waals surface area contributed by atoms with Crippen LogP contribution in [0.1, 0.15) is 42.6 Å². The molecule has 8 nitrogen and oxygen atoms in total. The third-order valence-corrected chi connectivity index (χ3v) is 4.52. The zero-order valence-electron chi connectivity index (χ0n) is 18.6. The van der Waals surface area contributed by atoms with E-state index in [-0.39, 0.29) is 17.9 Å². The molecule has 0 bridgehead atoms. The summed E-state index contributed by atoms with van der Waals surface area (Å²) >= 11 is 0. The van der Waals surface area contributed by atoms with Gasteiger partial charge in [-0.2, -0.15) is 28.1 Å². The number of anilines is 1. The van der Waals surface area contributed by atoms with Gasteiger partial charge in [0.05, 0.1) is 0 Å². The molecule has 0 aliphatic carbocycles. The number of halogens is 3. The Morgan fingerprint density at radius 2 is 1.82 bits per heavy atom. The lowest BCUT2D eigenvalue weighted by Crippen LogP contribution is -2.47. The molecule has 0 saturated heterocycles. The molecule has 3 rings (SSSR count). The number of alkyl halides is 3. The molecule has 1 amide bonds. The lowest BCUT2D eigenvalue weighted by molar-refractivity contribution is -0.593. The summed E-state index contributed by atoms with van der Waals surface area (Å²) in [7, 11) is 0. The summed E-state index contributed by atoms with van der Waals surface area (Å²) in [6.45, 7) is 5.58. The van der Waals surface area contributed by atoms with Gasteiger partial charge in [0, 0.05) is 35.9 Å². The molecule has 2 aromatic heterocycles. The Labute approximate surface area is 193 Å². The van der Waals surface area contributed by atoms with Gasteiger partial charge in [0.1, 0.15) is 6.07 Å². The van der Waals surface area contributed by atoms with Gasteiger partial charge in [-0.05, 0) is 35.7 Å². The van der Waals surface area contributed by atoms with E-state index in [1.807, 2.05) is 20.8 Å². The minimum atomic E-state index is -4.80. The second kappa shape index (κ2) is 9.35. The van der Waals surface area contributed by atoms with E-state index in [1.165, 1.54) is 24.4 Å². The van der Waals surface area contributed by atoms with Crippen LogP contribution in [0.25, 0.3) is 11.3 Å². The molecule has 0 saturated carbocycles. The fraction of sp³-hybridized carbons (Fsp3) is 0.261. The number of nitrogens with one attached hydrogen (secondary N) is 1. The molecular formula is C23H21F3N6O2. The minimum absolute atomic E-state index is 0.0935. The number of nitriles is 1. The lowest BCUT2D eigenvalue weighted by Gasteiger charge is -2.31. The summed E-state index contributed by atoms with van der Waals surface area (Å²) in [6, 6.07) is 13.3. The zero-order valence-corrected chi connectivity index (χ0v) is 18.6. The van der Waals surface area contributed by atoms with Crippen LogP contribution in [0.3, 0.4) is 0 Å². The number of rotatable bonds is 5. The van der Waals surface area contributed by atoms with E-state index >= 15 is 0 Å². The standard InChI is InChI=1S/C23H21F3N6O2/c1-22(2,3)14-31(20-12-18(23(24,25)26)28-19(13-27)29-20)30-21(33)16-9-7-15(8-10-16)17-6-4-5-11-32(17)34/h4-12H,14H2,1-3H3,(H,30,33). The molecule has 0 unspecified atom stereocenters. The van der Waals surface area contributed by atoms with E-state index in [9.17, 15) is 23.2 Å². The first kappa shape index (κ1) is 24.4. The topological polar surface area (TPSA) is 109 Å². The Morgan fingerprint density at radius 3 is 2.38 bits per heavy atom. The van der Waals surface area contributed by atoms with Crippen molar-refractivity contribution < 1.29 is 22.7 Å². The van der Waals surface area contributed by atoms with E-state index in [1.54, 1.807) is 30.3 Å². The number of hydrogen-bond acceptors (Lipinski definition) is 6. The third-order valence-electron chi connectivity index (χ3n) is 4.52. The van der Waals surface area contributed by atoms with Crippen LogP contribution < -0.4 is 15.2 Å². The predicted molar refractivity (Wildman–Crippen MR) is 117 cm³/mol. The van der Waals surface area contributed by atoms with Gasteiger partial charge in [-0.25, -0.2) is 4.98 Å². The maximum atomic E-state index is 13.3. The predicted octanol–water partition coefficient (Wildman–Crippen LogP) is 3.86. The largest absolute Gasteiger partial charge is 0.618 e. The molecule has 0 atom stereocenters. The number of nitrogens with zero attached hydrogens (tertiary/aromatic N) is 5. The van der Waals surface area contributed by atoms with E-state index in [0.29, 0.717) is 22.1 Å². The lowest BCUT2D eigenvalue weighted by atomic mass is 9.96. The van der Waals surface area contributed by atoms with Gasteiger partial charge < -0.3 is 5.21 Å². The number of pyridine rings is 1. The van der Waals surface area contributed by atoms with E-state index in [4.69, 9.17) is 5.26 Å². The molecule has 3 aromatic rings. The normalized spacial score (nSPS) is 11.6. The second-order valence-electron chi connectivity index (χ2n) is 8.62.